The molecule has 0 saturated carbocycles. The van der Waals surface area contributed by atoms with Gasteiger partial charge in [-0.15, -0.1) is 0 Å². The minimum Gasteiger partial charge on any atom is -0.387 e. The zero-order chi connectivity index (χ0) is 15.2. The molecular weight excluding hydrogens is 265 g/mol. The van der Waals surface area contributed by atoms with Crippen molar-refractivity contribution in [3.05, 3.63) is 71.0 Å². The lowest BCUT2D eigenvalue weighted by molar-refractivity contribution is 0.169. The standard InChI is InChI=1S/C18H22FNO/c1-3-17(15-9-4-5-10-16(15)19)20-12-18(21)14-8-6-7-13(2)11-14/h4-11,17-18,20-21H,3,12H2,1-2H3/t17-,18?/m1/s1. The monoisotopic (exact) mass is 287 g/mol. The number of rotatable bonds is 6. The van der Waals surface area contributed by atoms with Gasteiger partial charge < -0.3 is 10.4 Å². The second-order valence-electron chi connectivity index (χ2n) is 5.32. The van der Waals surface area contributed by atoms with Gasteiger partial charge in [-0.2, -0.15) is 0 Å². The van der Waals surface area contributed by atoms with E-state index >= 15 is 0 Å². The fourth-order valence-corrected chi connectivity index (χ4v) is 2.48. The fourth-order valence-electron chi connectivity index (χ4n) is 2.48. The number of benzene rings is 2. The summed E-state index contributed by atoms with van der Waals surface area (Å²) in [5.74, 6) is -0.207. The quantitative estimate of drug-likeness (QED) is 0.844. The van der Waals surface area contributed by atoms with Crippen LogP contribution >= 0.6 is 0 Å². The van der Waals surface area contributed by atoms with Crippen molar-refractivity contribution >= 4 is 0 Å². The smallest absolute Gasteiger partial charge is 0.127 e. The molecule has 0 aliphatic rings. The summed E-state index contributed by atoms with van der Waals surface area (Å²) in [6.45, 7) is 4.40. The van der Waals surface area contributed by atoms with E-state index in [0.29, 0.717) is 12.1 Å². The molecule has 0 aromatic heterocycles. The van der Waals surface area contributed by atoms with Crippen LogP contribution in [-0.4, -0.2) is 11.7 Å². The van der Waals surface area contributed by atoms with Crippen molar-refractivity contribution in [1.82, 2.24) is 5.32 Å². The van der Waals surface area contributed by atoms with Gasteiger partial charge in [-0.3, -0.25) is 0 Å². The van der Waals surface area contributed by atoms with Crippen molar-refractivity contribution in [2.75, 3.05) is 6.54 Å². The van der Waals surface area contributed by atoms with Crippen molar-refractivity contribution < 1.29 is 9.50 Å². The van der Waals surface area contributed by atoms with E-state index in [0.717, 1.165) is 17.5 Å². The average Bonchev–Trinajstić information content (AvgIpc) is 2.49. The maximum Gasteiger partial charge on any atom is 0.127 e. The summed E-state index contributed by atoms with van der Waals surface area (Å²) >= 11 is 0. The number of aliphatic hydroxyl groups excluding tert-OH is 1. The van der Waals surface area contributed by atoms with E-state index in [4.69, 9.17) is 0 Å². The second kappa shape index (κ2) is 7.34. The minimum absolute atomic E-state index is 0.0920. The number of nitrogens with one attached hydrogen (secondary N) is 1. The van der Waals surface area contributed by atoms with Crippen LogP contribution in [0, 0.1) is 12.7 Å². The van der Waals surface area contributed by atoms with Gasteiger partial charge in [-0.1, -0.05) is 55.0 Å². The summed E-state index contributed by atoms with van der Waals surface area (Å²) in [6.07, 6.45) is 0.173. The maximum atomic E-state index is 13.8. The minimum atomic E-state index is -0.592. The number of hydrogen-bond donors (Lipinski definition) is 2. The Labute approximate surface area is 125 Å². The van der Waals surface area contributed by atoms with Crippen molar-refractivity contribution in [2.24, 2.45) is 0 Å². The molecule has 2 aromatic carbocycles. The molecule has 0 bridgehead atoms. The molecule has 2 N–H and O–H groups in total. The Morgan fingerprint density at radius 1 is 1.14 bits per heavy atom. The molecule has 0 aliphatic carbocycles. The zero-order valence-electron chi connectivity index (χ0n) is 12.5. The topological polar surface area (TPSA) is 32.3 Å². The summed E-state index contributed by atoms with van der Waals surface area (Å²) in [7, 11) is 0. The highest BCUT2D eigenvalue weighted by Crippen LogP contribution is 2.21. The van der Waals surface area contributed by atoms with Crippen LogP contribution in [0.15, 0.2) is 48.5 Å². The summed E-state index contributed by atoms with van der Waals surface area (Å²) < 4.78 is 13.8. The number of aryl methyl sites for hydroxylation is 1. The van der Waals surface area contributed by atoms with E-state index in [9.17, 15) is 9.50 Å². The normalized spacial score (nSPS) is 13.9. The number of hydrogen-bond acceptors (Lipinski definition) is 2. The van der Waals surface area contributed by atoms with Crippen molar-refractivity contribution in [3.63, 3.8) is 0 Å². The predicted octanol–water partition coefficient (Wildman–Crippen LogP) is 3.91. The van der Waals surface area contributed by atoms with Gasteiger partial charge in [0.1, 0.15) is 5.82 Å². The lowest BCUT2D eigenvalue weighted by Crippen LogP contribution is -2.26. The molecular formula is C18H22FNO. The molecule has 112 valence electrons. The SMILES string of the molecule is CC[C@@H](NCC(O)c1cccc(C)c1)c1ccccc1F. The largest absolute Gasteiger partial charge is 0.387 e. The molecule has 2 aromatic rings. The molecule has 2 rings (SSSR count). The summed E-state index contributed by atoms with van der Waals surface area (Å²) in [5.41, 5.74) is 2.65. The van der Waals surface area contributed by atoms with Gasteiger partial charge in [0, 0.05) is 18.2 Å². The van der Waals surface area contributed by atoms with Gasteiger partial charge >= 0.3 is 0 Å². The molecule has 0 radical (unpaired) electrons. The molecule has 0 aliphatic heterocycles. The Morgan fingerprint density at radius 3 is 2.57 bits per heavy atom. The van der Waals surface area contributed by atoms with E-state index in [2.05, 4.69) is 5.32 Å². The van der Waals surface area contributed by atoms with Crippen LogP contribution in [0.4, 0.5) is 4.39 Å². The molecule has 0 fully saturated rings. The first-order valence-corrected chi connectivity index (χ1v) is 7.34. The lowest BCUT2D eigenvalue weighted by Gasteiger charge is -2.20. The molecule has 0 spiro atoms. The number of aliphatic hydroxyl groups is 1. The van der Waals surface area contributed by atoms with Crippen LogP contribution in [0.3, 0.4) is 0 Å². The molecule has 2 atom stereocenters. The van der Waals surface area contributed by atoms with Crippen molar-refractivity contribution in [3.8, 4) is 0 Å². The molecule has 0 heterocycles. The first-order chi connectivity index (χ1) is 10.1. The van der Waals surface area contributed by atoms with E-state index in [1.54, 1.807) is 12.1 Å². The molecule has 1 unspecified atom stereocenters. The van der Waals surface area contributed by atoms with Crippen LogP contribution in [0.1, 0.15) is 42.2 Å². The molecule has 3 heteroatoms. The van der Waals surface area contributed by atoms with Crippen LogP contribution in [0.25, 0.3) is 0 Å². The van der Waals surface area contributed by atoms with E-state index < -0.39 is 6.10 Å². The molecule has 21 heavy (non-hydrogen) atoms. The predicted molar refractivity (Wildman–Crippen MR) is 83.6 cm³/mol. The van der Waals surface area contributed by atoms with Gasteiger partial charge in [0.15, 0.2) is 0 Å². The Kier molecular flexibility index (Phi) is 5.48. The van der Waals surface area contributed by atoms with Crippen molar-refractivity contribution in [2.45, 2.75) is 32.4 Å². The van der Waals surface area contributed by atoms with E-state index in [1.807, 2.05) is 44.2 Å². The van der Waals surface area contributed by atoms with Gasteiger partial charge in [0.25, 0.3) is 0 Å². The van der Waals surface area contributed by atoms with Crippen LogP contribution in [0.5, 0.6) is 0 Å². The molecule has 0 saturated heterocycles. The summed E-state index contributed by atoms with van der Waals surface area (Å²) in [4.78, 5) is 0. The number of halogens is 1. The third-order valence-electron chi connectivity index (χ3n) is 3.67. The van der Waals surface area contributed by atoms with E-state index in [1.165, 1.54) is 6.07 Å². The summed E-state index contributed by atoms with van der Waals surface area (Å²) in [6, 6.07) is 14.5. The van der Waals surface area contributed by atoms with Crippen LogP contribution in [-0.2, 0) is 0 Å². The Bertz CT molecular complexity index is 585. The third-order valence-corrected chi connectivity index (χ3v) is 3.67. The Morgan fingerprint density at radius 2 is 1.90 bits per heavy atom. The second-order valence-corrected chi connectivity index (χ2v) is 5.32. The van der Waals surface area contributed by atoms with Gasteiger partial charge in [0.2, 0.25) is 0 Å². The highest BCUT2D eigenvalue weighted by molar-refractivity contribution is 5.25. The maximum absolute atomic E-state index is 13.8. The Balaban J connectivity index is 2.02. The molecule has 2 nitrogen and oxygen atoms in total. The van der Waals surface area contributed by atoms with Crippen LogP contribution < -0.4 is 5.32 Å². The Hall–Kier alpha value is -1.71. The van der Waals surface area contributed by atoms with Crippen molar-refractivity contribution in [1.29, 1.82) is 0 Å². The zero-order valence-corrected chi connectivity index (χ0v) is 12.5. The van der Waals surface area contributed by atoms with E-state index in [-0.39, 0.29) is 11.9 Å². The fraction of sp³-hybridized carbons (Fsp3) is 0.333. The van der Waals surface area contributed by atoms with Gasteiger partial charge in [-0.05, 0) is 25.0 Å². The van der Waals surface area contributed by atoms with Gasteiger partial charge in [-0.25, -0.2) is 4.39 Å². The highest BCUT2D eigenvalue weighted by Gasteiger charge is 2.15. The first-order valence-electron chi connectivity index (χ1n) is 7.34. The first kappa shape index (κ1) is 15.7. The third kappa shape index (κ3) is 4.13. The average molecular weight is 287 g/mol. The van der Waals surface area contributed by atoms with Crippen LogP contribution in [0.2, 0.25) is 0 Å². The lowest BCUT2D eigenvalue weighted by atomic mass is 10.0. The van der Waals surface area contributed by atoms with Gasteiger partial charge in [0.05, 0.1) is 6.10 Å². The highest BCUT2D eigenvalue weighted by atomic mass is 19.1. The molecule has 0 amide bonds. The summed E-state index contributed by atoms with van der Waals surface area (Å²) in [5, 5.41) is 13.5.